The molecule has 0 fully saturated rings. The Balaban J connectivity index is 2.88. The Morgan fingerprint density at radius 1 is 1.52 bits per heavy atom. The summed E-state index contributed by atoms with van der Waals surface area (Å²) in [7, 11) is 0. The number of carboxylic acids is 1. The second-order valence-corrected chi connectivity index (χ2v) is 4.77. The van der Waals surface area contributed by atoms with Gasteiger partial charge in [-0.3, -0.25) is 14.9 Å². The average molecular weight is 358 g/mol. The zero-order valence-electron chi connectivity index (χ0n) is 10.8. The first kappa shape index (κ1) is 16.6. The monoisotopic (exact) mass is 357 g/mol. The summed E-state index contributed by atoms with van der Waals surface area (Å²) in [6, 6.07) is 3.18. The Kier molecular flexibility index (Phi) is 5.85. The van der Waals surface area contributed by atoms with Gasteiger partial charge in [-0.25, -0.2) is 4.79 Å². The fourth-order valence-corrected chi connectivity index (χ4v) is 1.92. The Morgan fingerprint density at radius 2 is 2.19 bits per heavy atom. The fourth-order valence-electron chi connectivity index (χ4n) is 1.45. The minimum absolute atomic E-state index is 0.0583. The number of nitro benzene ring substituents is 1. The van der Waals surface area contributed by atoms with Crippen molar-refractivity contribution >= 4 is 39.3 Å². The van der Waals surface area contributed by atoms with Crippen LogP contribution in [0.4, 0.5) is 16.2 Å². The number of nitrogens with one attached hydrogen (secondary N) is 1. The first-order valence-corrected chi connectivity index (χ1v) is 6.47. The SMILES string of the molecule is C=CCN(CC(=O)O)C(=O)Nc1ccc([N+](=O)[O-])cc1Br. The van der Waals surface area contributed by atoms with Gasteiger partial charge >= 0.3 is 12.0 Å². The molecule has 0 atom stereocenters. The number of benzene rings is 1. The molecule has 0 heterocycles. The lowest BCUT2D eigenvalue weighted by Gasteiger charge is -2.19. The maximum Gasteiger partial charge on any atom is 0.323 e. The first-order valence-electron chi connectivity index (χ1n) is 5.67. The van der Waals surface area contributed by atoms with Crippen LogP contribution in [0.15, 0.2) is 35.3 Å². The topological polar surface area (TPSA) is 113 Å². The number of carboxylic acid groups (broad SMARTS) is 1. The van der Waals surface area contributed by atoms with Crippen LogP contribution in [-0.2, 0) is 4.79 Å². The number of nitrogens with zero attached hydrogens (tertiary/aromatic N) is 2. The summed E-state index contributed by atoms with van der Waals surface area (Å²) in [5, 5.41) is 21.8. The van der Waals surface area contributed by atoms with Crippen molar-refractivity contribution in [2.24, 2.45) is 0 Å². The van der Waals surface area contributed by atoms with Crippen LogP contribution in [0.2, 0.25) is 0 Å². The third-order valence-corrected chi connectivity index (χ3v) is 3.02. The summed E-state index contributed by atoms with van der Waals surface area (Å²) >= 11 is 3.11. The van der Waals surface area contributed by atoms with Crippen molar-refractivity contribution in [3.05, 3.63) is 45.4 Å². The second kappa shape index (κ2) is 7.39. The summed E-state index contributed by atoms with van der Waals surface area (Å²) in [5.41, 5.74) is 0.165. The minimum atomic E-state index is -1.16. The standard InChI is InChI=1S/C12H12BrN3O5/c1-2-5-15(7-11(17)18)12(19)14-10-4-3-8(16(20)21)6-9(10)13/h2-4,6H,1,5,7H2,(H,14,19)(H,17,18). The van der Waals surface area contributed by atoms with Crippen molar-refractivity contribution in [3.63, 3.8) is 0 Å². The number of halogens is 1. The molecule has 0 bridgehead atoms. The minimum Gasteiger partial charge on any atom is -0.480 e. The fraction of sp³-hybridized carbons (Fsp3) is 0.167. The Labute approximate surface area is 128 Å². The molecular weight excluding hydrogens is 346 g/mol. The van der Waals surface area contributed by atoms with Crippen LogP contribution >= 0.6 is 15.9 Å². The van der Waals surface area contributed by atoms with E-state index in [-0.39, 0.29) is 12.2 Å². The molecule has 0 unspecified atom stereocenters. The number of aliphatic carboxylic acids is 1. The molecule has 0 saturated heterocycles. The lowest BCUT2D eigenvalue weighted by atomic mass is 10.3. The second-order valence-electron chi connectivity index (χ2n) is 3.91. The number of carbonyl (C=O) groups excluding carboxylic acids is 1. The quantitative estimate of drug-likeness (QED) is 0.461. The van der Waals surface area contributed by atoms with E-state index in [1.807, 2.05) is 0 Å². The van der Waals surface area contributed by atoms with E-state index in [0.29, 0.717) is 10.2 Å². The third-order valence-electron chi connectivity index (χ3n) is 2.37. The van der Waals surface area contributed by atoms with Crippen LogP contribution in [0.3, 0.4) is 0 Å². The van der Waals surface area contributed by atoms with Gasteiger partial charge in [-0.2, -0.15) is 0 Å². The number of hydrogen-bond donors (Lipinski definition) is 2. The van der Waals surface area contributed by atoms with E-state index in [1.165, 1.54) is 24.3 Å². The highest BCUT2D eigenvalue weighted by atomic mass is 79.9. The molecule has 9 heteroatoms. The van der Waals surface area contributed by atoms with E-state index in [4.69, 9.17) is 5.11 Å². The van der Waals surface area contributed by atoms with Crippen molar-refractivity contribution in [2.75, 3.05) is 18.4 Å². The lowest BCUT2D eigenvalue weighted by Crippen LogP contribution is -2.38. The van der Waals surface area contributed by atoms with E-state index < -0.39 is 23.5 Å². The smallest absolute Gasteiger partial charge is 0.323 e. The molecule has 0 aliphatic carbocycles. The van der Waals surface area contributed by atoms with E-state index in [2.05, 4.69) is 27.8 Å². The molecule has 0 aliphatic rings. The summed E-state index contributed by atoms with van der Waals surface area (Å²) < 4.78 is 0.318. The molecule has 2 amide bonds. The number of hydrogen-bond acceptors (Lipinski definition) is 4. The summed E-state index contributed by atoms with van der Waals surface area (Å²) in [5.74, 6) is -1.16. The van der Waals surface area contributed by atoms with Gasteiger partial charge in [-0.05, 0) is 22.0 Å². The molecule has 0 saturated carbocycles. The number of urea groups is 1. The van der Waals surface area contributed by atoms with Crippen molar-refractivity contribution in [2.45, 2.75) is 0 Å². The third kappa shape index (κ3) is 4.88. The molecule has 1 aromatic rings. The van der Waals surface area contributed by atoms with Crippen molar-refractivity contribution in [3.8, 4) is 0 Å². The number of nitro groups is 1. The summed E-state index contributed by atoms with van der Waals surface area (Å²) in [4.78, 5) is 33.7. The molecule has 1 rings (SSSR count). The predicted molar refractivity (Wildman–Crippen MR) is 79.2 cm³/mol. The average Bonchev–Trinajstić information content (AvgIpc) is 2.39. The Bertz CT molecular complexity index is 590. The van der Waals surface area contributed by atoms with Gasteiger partial charge in [0.1, 0.15) is 6.54 Å². The molecular formula is C12H12BrN3O5. The number of amides is 2. The maximum absolute atomic E-state index is 12.0. The molecule has 2 N–H and O–H groups in total. The van der Waals surface area contributed by atoms with Crippen LogP contribution in [0, 0.1) is 10.1 Å². The number of non-ortho nitro benzene ring substituents is 1. The van der Waals surface area contributed by atoms with Crippen LogP contribution in [-0.4, -0.2) is 40.0 Å². The van der Waals surface area contributed by atoms with Gasteiger partial charge in [-0.15, -0.1) is 6.58 Å². The molecule has 0 aromatic heterocycles. The van der Waals surface area contributed by atoms with Crippen LogP contribution in [0.5, 0.6) is 0 Å². The van der Waals surface area contributed by atoms with Gasteiger partial charge in [0.05, 0.1) is 10.6 Å². The van der Waals surface area contributed by atoms with E-state index in [1.54, 1.807) is 0 Å². The van der Waals surface area contributed by atoms with Crippen LogP contribution < -0.4 is 5.32 Å². The highest BCUT2D eigenvalue weighted by Gasteiger charge is 2.17. The Morgan fingerprint density at radius 3 is 2.67 bits per heavy atom. The van der Waals surface area contributed by atoms with E-state index in [0.717, 1.165) is 4.90 Å². The number of anilines is 1. The van der Waals surface area contributed by atoms with Crippen molar-refractivity contribution < 1.29 is 19.6 Å². The molecule has 0 radical (unpaired) electrons. The predicted octanol–water partition coefficient (Wildman–Crippen LogP) is 2.46. The van der Waals surface area contributed by atoms with Gasteiger partial charge < -0.3 is 15.3 Å². The zero-order chi connectivity index (χ0) is 16.0. The van der Waals surface area contributed by atoms with Gasteiger partial charge in [0.25, 0.3) is 5.69 Å². The zero-order valence-corrected chi connectivity index (χ0v) is 12.4. The lowest BCUT2D eigenvalue weighted by molar-refractivity contribution is -0.384. The molecule has 112 valence electrons. The summed E-state index contributed by atoms with van der Waals surface area (Å²) in [6.07, 6.45) is 1.40. The first-order chi connectivity index (χ1) is 9.85. The number of rotatable bonds is 6. The number of carbonyl (C=O) groups is 2. The van der Waals surface area contributed by atoms with E-state index >= 15 is 0 Å². The van der Waals surface area contributed by atoms with Crippen LogP contribution in [0.25, 0.3) is 0 Å². The van der Waals surface area contributed by atoms with E-state index in [9.17, 15) is 19.7 Å². The van der Waals surface area contributed by atoms with Gasteiger partial charge in [-0.1, -0.05) is 6.08 Å². The highest BCUT2D eigenvalue weighted by Crippen LogP contribution is 2.27. The summed E-state index contributed by atoms with van der Waals surface area (Å²) in [6.45, 7) is 3.02. The Hall–Kier alpha value is -2.42. The van der Waals surface area contributed by atoms with Gasteiger partial charge in [0.2, 0.25) is 0 Å². The van der Waals surface area contributed by atoms with Gasteiger partial charge in [0, 0.05) is 23.2 Å². The molecule has 1 aromatic carbocycles. The van der Waals surface area contributed by atoms with Crippen LogP contribution in [0.1, 0.15) is 0 Å². The molecule has 21 heavy (non-hydrogen) atoms. The molecule has 8 nitrogen and oxygen atoms in total. The normalized spacial score (nSPS) is 9.76. The van der Waals surface area contributed by atoms with Crippen molar-refractivity contribution in [1.29, 1.82) is 0 Å². The molecule has 0 aliphatic heterocycles. The highest BCUT2D eigenvalue weighted by molar-refractivity contribution is 9.10. The van der Waals surface area contributed by atoms with Crippen molar-refractivity contribution in [1.82, 2.24) is 4.90 Å². The molecule has 0 spiro atoms. The van der Waals surface area contributed by atoms with Gasteiger partial charge in [0.15, 0.2) is 0 Å². The largest absolute Gasteiger partial charge is 0.480 e. The maximum atomic E-state index is 12.0.